The summed E-state index contributed by atoms with van der Waals surface area (Å²) in [4.78, 5) is 12.3. The molecule has 0 fully saturated rings. The molecule has 0 aliphatic rings. The third-order valence-electron chi connectivity index (χ3n) is 4.13. The van der Waals surface area contributed by atoms with Gasteiger partial charge in [0.05, 0.1) is 11.3 Å². The number of aryl methyl sites for hydroxylation is 1. The van der Waals surface area contributed by atoms with Gasteiger partial charge in [0.15, 0.2) is 0 Å². The van der Waals surface area contributed by atoms with Gasteiger partial charge in [0.1, 0.15) is 12.4 Å². The first-order valence-electron chi connectivity index (χ1n) is 8.26. The summed E-state index contributed by atoms with van der Waals surface area (Å²) in [6.45, 7) is 5.44. The van der Waals surface area contributed by atoms with Crippen LogP contribution in [0.15, 0.2) is 53.8 Å². The lowest BCUT2D eigenvalue weighted by Crippen LogP contribution is -2.23. The van der Waals surface area contributed by atoms with Gasteiger partial charge in [-0.1, -0.05) is 36.4 Å². The van der Waals surface area contributed by atoms with Gasteiger partial charge >= 0.3 is 11.9 Å². The zero-order valence-electron chi connectivity index (χ0n) is 15.2. The highest BCUT2D eigenvalue weighted by molar-refractivity contribution is 5.68. The first-order chi connectivity index (χ1) is 13.2. The van der Waals surface area contributed by atoms with Crippen molar-refractivity contribution < 1.29 is 17.9 Å². The Hall–Kier alpha value is -3.36. The Morgan fingerprint density at radius 3 is 2.46 bits per heavy atom. The predicted octanol–water partition coefficient (Wildman–Crippen LogP) is 3.60. The zero-order valence-corrected chi connectivity index (χ0v) is 15.2. The summed E-state index contributed by atoms with van der Waals surface area (Å²) < 4.78 is 47.3. The number of alkyl halides is 3. The van der Waals surface area contributed by atoms with Gasteiger partial charge in [0.2, 0.25) is 0 Å². The van der Waals surface area contributed by atoms with Gasteiger partial charge in [-0.2, -0.15) is 22.5 Å². The molecule has 1 aromatic heterocycles. The van der Waals surface area contributed by atoms with Gasteiger partial charge in [-0.3, -0.25) is 0 Å². The van der Waals surface area contributed by atoms with Gasteiger partial charge in [-0.05, 0) is 41.1 Å². The van der Waals surface area contributed by atoms with Crippen LogP contribution in [0.3, 0.4) is 0 Å². The summed E-state index contributed by atoms with van der Waals surface area (Å²) >= 11 is 0. The van der Waals surface area contributed by atoms with Crippen LogP contribution in [-0.4, -0.2) is 19.8 Å². The molecule has 0 unspecified atom stereocenters. The van der Waals surface area contributed by atoms with E-state index in [9.17, 15) is 18.0 Å². The Kier molecular flexibility index (Phi) is 5.08. The Labute approximate surface area is 158 Å². The molecule has 6 nitrogen and oxygen atoms in total. The molecule has 3 aromatic rings. The number of hydrogen-bond donors (Lipinski definition) is 0. The summed E-state index contributed by atoms with van der Waals surface area (Å²) in [5.74, 6) is -0.302. The monoisotopic (exact) mass is 390 g/mol. The van der Waals surface area contributed by atoms with Crippen LogP contribution in [0.4, 0.5) is 13.2 Å². The second kappa shape index (κ2) is 7.34. The lowest BCUT2D eigenvalue weighted by molar-refractivity contribution is -0.139. The number of tetrazole rings is 1. The zero-order chi connectivity index (χ0) is 20.5. The summed E-state index contributed by atoms with van der Waals surface area (Å²) in [6.07, 6.45) is -4.55. The average Bonchev–Trinajstić information content (AvgIpc) is 2.98. The topological polar surface area (TPSA) is 61.9 Å². The largest absolute Gasteiger partial charge is 0.488 e. The van der Waals surface area contributed by atoms with Crippen LogP contribution in [0.5, 0.6) is 5.75 Å². The van der Waals surface area contributed by atoms with Gasteiger partial charge in [-0.15, -0.1) is 0 Å². The Morgan fingerprint density at radius 1 is 1.14 bits per heavy atom. The van der Waals surface area contributed by atoms with Crippen molar-refractivity contribution in [3.05, 3.63) is 76.2 Å². The Balaban J connectivity index is 2.06. The molecule has 0 saturated heterocycles. The van der Waals surface area contributed by atoms with E-state index in [2.05, 4.69) is 17.0 Å². The SMILES string of the molecule is C=C(C)c1cccc(-n2nnn(C)c2=O)c1COc1ccccc1C(F)(F)F. The minimum absolute atomic E-state index is 0.214. The van der Waals surface area contributed by atoms with E-state index in [0.29, 0.717) is 22.4 Å². The highest BCUT2D eigenvalue weighted by Gasteiger charge is 2.34. The van der Waals surface area contributed by atoms with Crippen LogP contribution in [0.25, 0.3) is 11.3 Å². The van der Waals surface area contributed by atoms with Crippen molar-refractivity contribution in [3.8, 4) is 11.4 Å². The van der Waals surface area contributed by atoms with Gasteiger partial charge in [0, 0.05) is 12.6 Å². The van der Waals surface area contributed by atoms with Crippen LogP contribution >= 0.6 is 0 Å². The number of nitrogens with zero attached hydrogens (tertiary/aromatic N) is 4. The molecule has 0 aliphatic heterocycles. The second-order valence-electron chi connectivity index (χ2n) is 6.16. The molecule has 28 heavy (non-hydrogen) atoms. The fraction of sp³-hybridized carbons (Fsp3) is 0.211. The fourth-order valence-corrected chi connectivity index (χ4v) is 2.77. The van der Waals surface area contributed by atoms with Crippen molar-refractivity contribution in [3.63, 3.8) is 0 Å². The summed E-state index contributed by atoms with van der Waals surface area (Å²) in [5.41, 5.74) is 0.801. The van der Waals surface area contributed by atoms with Crippen molar-refractivity contribution in [2.24, 2.45) is 7.05 Å². The molecular weight excluding hydrogens is 373 g/mol. The van der Waals surface area contributed by atoms with Crippen molar-refractivity contribution in [2.45, 2.75) is 19.7 Å². The maximum atomic E-state index is 13.2. The van der Waals surface area contributed by atoms with Crippen LogP contribution in [0, 0.1) is 0 Å². The summed E-state index contributed by atoms with van der Waals surface area (Å²) in [5, 5.41) is 7.49. The Morgan fingerprint density at radius 2 is 1.86 bits per heavy atom. The van der Waals surface area contributed by atoms with E-state index in [0.717, 1.165) is 15.4 Å². The molecule has 0 aliphatic carbocycles. The number of hydrogen-bond acceptors (Lipinski definition) is 4. The normalized spacial score (nSPS) is 11.5. The van der Waals surface area contributed by atoms with E-state index in [-0.39, 0.29) is 12.4 Å². The molecule has 146 valence electrons. The molecule has 1 heterocycles. The van der Waals surface area contributed by atoms with Gasteiger partial charge < -0.3 is 4.74 Å². The van der Waals surface area contributed by atoms with Gasteiger partial charge in [-0.25, -0.2) is 4.79 Å². The molecule has 0 spiro atoms. The second-order valence-corrected chi connectivity index (χ2v) is 6.16. The van der Waals surface area contributed by atoms with Crippen LogP contribution in [0.1, 0.15) is 23.6 Å². The predicted molar refractivity (Wildman–Crippen MR) is 97.1 cm³/mol. The lowest BCUT2D eigenvalue weighted by Gasteiger charge is -2.17. The van der Waals surface area contributed by atoms with E-state index >= 15 is 0 Å². The first kappa shape index (κ1) is 19.4. The van der Waals surface area contributed by atoms with Crippen molar-refractivity contribution >= 4 is 5.57 Å². The average molecular weight is 390 g/mol. The number of ether oxygens (including phenoxy) is 1. The molecule has 0 radical (unpaired) electrons. The standard InChI is InChI=1S/C19H17F3N4O2/c1-12(2)13-7-6-9-16(26-18(27)25(3)23-24-26)14(13)11-28-17-10-5-4-8-15(17)19(20,21)22/h4-10H,1,11H2,2-3H3. The number of rotatable bonds is 5. The summed E-state index contributed by atoms with van der Waals surface area (Å²) in [7, 11) is 1.45. The minimum Gasteiger partial charge on any atom is -0.488 e. The number of para-hydroxylation sites is 1. The first-order valence-corrected chi connectivity index (χ1v) is 8.26. The molecule has 0 atom stereocenters. The van der Waals surface area contributed by atoms with Crippen LogP contribution < -0.4 is 10.4 Å². The van der Waals surface area contributed by atoms with E-state index in [1.165, 1.54) is 25.2 Å². The van der Waals surface area contributed by atoms with Crippen molar-refractivity contribution in [2.75, 3.05) is 0 Å². The molecule has 0 N–H and O–H groups in total. The molecule has 0 amide bonds. The molecule has 0 saturated carbocycles. The maximum Gasteiger partial charge on any atom is 0.419 e. The molecule has 0 bridgehead atoms. The highest BCUT2D eigenvalue weighted by Crippen LogP contribution is 2.36. The highest BCUT2D eigenvalue weighted by atomic mass is 19.4. The van der Waals surface area contributed by atoms with E-state index in [1.807, 2.05) is 0 Å². The van der Waals surface area contributed by atoms with E-state index in [4.69, 9.17) is 4.74 Å². The number of aromatic nitrogens is 4. The smallest absolute Gasteiger partial charge is 0.419 e. The molecule has 3 rings (SSSR count). The number of allylic oxidation sites excluding steroid dienone is 1. The number of halogens is 3. The Bertz CT molecular complexity index is 1080. The van der Waals surface area contributed by atoms with Crippen molar-refractivity contribution in [1.29, 1.82) is 0 Å². The fourth-order valence-electron chi connectivity index (χ4n) is 2.77. The van der Waals surface area contributed by atoms with Crippen molar-refractivity contribution in [1.82, 2.24) is 19.8 Å². The van der Waals surface area contributed by atoms with E-state index < -0.39 is 17.4 Å². The van der Waals surface area contributed by atoms with Crippen LogP contribution in [-0.2, 0) is 19.8 Å². The maximum absolute atomic E-state index is 13.2. The van der Waals surface area contributed by atoms with E-state index in [1.54, 1.807) is 25.1 Å². The minimum atomic E-state index is -4.55. The lowest BCUT2D eigenvalue weighted by atomic mass is 10.0. The van der Waals surface area contributed by atoms with Gasteiger partial charge in [0.25, 0.3) is 0 Å². The number of benzene rings is 2. The molecule has 9 heteroatoms. The molecule has 2 aromatic carbocycles. The molecular formula is C19H17F3N4O2. The van der Waals surface area contributed by atoms with Crippen LogP contribution in [0.2, 0.25) is 0 Å². The quantitative estimate of drug-likeness (QED) is 0.668. The third kappa shape index (κ3) is 3.68. The summed E-state index contributed by atoms with van der Waals surface area (Å²) in [6, 6.07) is 10.0. The third-order valence-corrected chi connectivity index (χ3v) is 4.13.